The second-order valence-electron chi connectivity index (χ2n) is 15.3. The molecule has 1 fully saturated rings. The van der Waals surface area contributed by atoms with Gasteiger partial charge in [0.15, 0.2) is 16.6 Å². The minimum absolute atomic E-state index is 0.176. The van der Waals surface area contributed by atoms with Crippen molar-refractivity contribution in [3.63, 3.8) is 0 Å². The molecule has 3 nitrogen and oxygen atoms in total. The third-order valence-corrected chi connectivity index (χ3v) is 19.4. The summed E-state index contributed by atoms with van der Waals surface area (Å²) in [5.41, 5.74) is 2.50. The van der Waals surface area contributed by atoms with Crippen molar-refractivity contribution in [3.05, 3.63) is 41.5 Å². The minimum Gasteiger partial charge on any atom is -0.508 e. The largest absolute Gasteiger partial charge is 0.508 e. The molecular formula is C33H58O3Si2. The monoisotopic (exact) mass is 558 g/mol. The van der Waals surface area contributed by atoms with Crippen LogP contribution in [0, 0.1) is 17.8 Å². The summed E-state index contributed by atoms with van der Waals surface area (Å²) in [7, 11) is -3.80. The summed E-state index contributed by atoms with van der Waals surface area (Å²) in [4.78, 5) is 0. The molecule has 38 heavy (non-hydrogen) atoms. The maximum Gasteiger partial charge on any atom is 0.192 e. The van der Waals surface area contributed by atoms with Crippen molar-refractivity contribution in [1.82, 2.24) is 0 Å². The highest BCUT2D eigenvalue weighted by Gasteiger charge is 2.49. The molecule has 0 aromatic heterocycles. The Morgan fingerprint density at radius 3 is 2.24 bits per heavy atom. The van der Waals surface area contributed by atoms with Gasteiger partial charge in [-0.3, -0.25) is 0 Å². The lowest BCUT2D eigenvalue weighted by Gasteiger charge is -2.40. The second-order valence-corrected chi connectivity index (χ2v) is 24.8. The second kappa shape index (κ2) is 11.9. The lowest BCUT2D eigenvalue weighted by atomic mass is 9.74. The number of aromatic hydroxyl groups is 1. The van der Waals surface area contributed by atoms with Gasteiger partial charge in [-0.2, -0.15) is 0 Å². The first-order valence-electron chi connectivity index (χ1n) is 15.3. The molecule has 2 aliphatic rings. The molecule has 2 aliphatic carbocycles. The van der Waals surface area contributed by atoms with Crippen LogP contribution in [-0.2, 0) is 21.7 Å². The summed E-state index contributed by atoms with van der Waals surface area (Å²) in [5.74, 6) is 1.97. The number of hydrogen-bond acceptors (Lipinski definition) is 3. The van der Waals surface area contributed by atoms with Gasteiger partial charge in [0, 0.05) is 5.92 Å². The van der Waals surface area contributed by atoms with Crippen molar-refractivity contribution in [2.45, 2.75) is 142 Å². The molecule has 0 heterocycles. The van der Waals surface area contributed by atoms with E-state index < -0.39 is 16.6 Å². The van der Waals surface area contributed by atoms with Crippen LogP contribution in [0.2, 0.25) is 36.3 Å². The van der Waals surface area contributed by atoms with Gasteiger partial charge in [-0.25, -0.2) is 0 Å². The molecule has 1 aromatic carbocycles. The summed E-state index contributed by atoms with van der Waals surface area (Å²) >= 11 is 0. The van der Waals surface area contributed by atoms with Crippen molar-refractivity contribution in [2.24, 2.45) is 17.8 Å². The third-order valence-electron chi connectivity index (χ3n) is 10.4. The molecule has 1 aromatic rings. The first-order chi connectivity index (χ1) is 17.5. The Bertz CT molecular complexity index is 954. The van der Waals surface area contributed by atoms with Crippen molar-refractivity contribution in [3.8, 4) is 5.75 Å². The van der Waals surface area contributed by atoms with Crippen LogP contribution in [0.4, 0.5) is 0 Å². The maximum atomic E-state index is 10.6. The van der Waals surface area contributed by atoms with Crippen LogP contribution in [0.15, 0.2) is 30.4 Å². The van der Waals surface area contributed by atoms with Gasteiger partial charge in [0.2, 0.25) is 0 Å². The molecule has 0 saturated heterocycles. The molecule has 0 aliphatic heterocycles. The highest BCUT2D eigenvalue weighted by Crippen LogP contribution is 2.50. The van der Waals surface area contributed by atoms with Crippen molar-refractivity contribution in [2.75, 3.05) is 0 Å². The van der Waals surface area contributed by atoms with E-state index in [1.165, 1.54) is 30.4 Å². The number of phenolic OH excluding ortho intramolecular Hbond substituents is 1. The van der Waals surface area contributed by atoms with E-state index in [1.54, 1.807) is 0 Å². The fourth-order valence-corrected chi connectivity index (χ4v) is 8.54. The molecular weight excluding hydrogens is 501 g/mol. The van der Waals surface area contributed by atoms with E-state index in [-0.39, 0.29) is 22.3 Å². The Hall–Kier alpha value is -0.886. The molecule has 3 rings (SSSR count). The number of unbranched alkanes of at least 4 members (excludes halogenated alkanes) is 2. The quantitative estimate of drug-likeness (QED) is 0.176. The maximum absolute atomic E-state index is 10.6. The van der Waals surface area contributed by atoms with Crippen LogP contribution in [0.25, 0.3) is 0 Å². The van der Waals surface area contributed by atoms with Gasteiger partial charge in [0.05, 0.1) is 12.2 Å². The normalized spacial score (nSPS) is 25.4. The van der Waals surface area contributed by atoms with E-state index >= 15 is 0 Å². The van der Waals surface area contributed by atoms with Crippen LogP contribution < -0.4 is 0 Å². The fraction of sp³-hybridized carbons (Fsp3) is 0.758. The average molecular weight is 559 g/mol. The minimum atomic E-state index is -1.92. The van der Waals surface area contributed by atoms with Gasteiger partial charge >= 0.3 is 0 Å². The van der Waals surface area contributed by atoms with Gasteiger partial charge in [0.1, 0.15) is 5.75 Å². The van der Waals surface area contributed by atoms with Gasteiger partial charge in [-0.15, -0.1) is 0 Å². The van der Waals surface area contributed by atoms with Crippen molar-refractivity contribution in [1.29, 1.82) is 0 Å². The lowest BCUT2D eigenvalue weighted by molar-refractivity contribution is 0.147. The Morgan fingerprint density at radius 1 is 0.974 bits per heavy atom. The van der Waals surface area contributed by atoms with Crippen LogP contribution >= 0.6 is 0 Å². The summed E-state index contributed by atoms with van der Waals surface area (Å²) in [5, 5.41) is 11.0. The molecule has 0 amide bonds. The van der Waals surface area contributed by atoms with Gasteiger partial charge in [-0.05, 0) is 91.0 Å². The summed E-state index contributed by atoms with van der Waals surface area (Å²) < 4.78 is 14.2. The van der Waals surface area contributed by atoms with Gasteiger partial charge in [0.25, 0.3) is 0 Å². The van der Waals surface area contributed by atoms with E-state index in [1.807, 2.05) is 12.1 Å². The summed E-state index contributed by atoms with van der Waals surface area (Å²) in [6.45, 7) is 25.9. The topological polar surface area (TPSA) is 38.7 Å². The third kappa shape index (κ3) is 7.24. The Kier molecular flexibility index (Phi) is 9.93. The molecule has 5 atom stereocenters. The van der Waals surface area contributed by atoms with E-state index in [0.717, 1.165) is 25.7 Å². The fourth-order valence-electron chi connectivity index (χ4n) is 5.87. The van der Waals surface area contributed by atoms with Crippen LogP contribution in [0.1, 0.15) is 91.7 Å². The van der Waals surface area contributed by atoms with Crippen molar-refractivity contribution < 1.29 is 14.0 Å². The van der Waals surface area contributed by atoms with E-state index in [2.05, 4.69) is 92.9 Å². The predicted octanol–water partition coefficient (Wildman–Crippen LogP) is 9.66. The van der Waals surface area contributed by atoms with Crippen LogP contribution in [0.5, 0.6) is 5.75 Å². The Morgan fingerprint density at radius 2 is 1.63 bits per heavy atom. The smallest absolute Gasteiger partial charge is 0.192 e. The van der Waals surface area contributed by atoms with E-state index in [9.17, 15) is 5.11 Å². The lowest BCUT2D eigenvalue weighted by Crippen LogP contribution is -2.45. The van der Waals surface area contributed by atoms with Gasteiger partial charge in [-0.1, -0.05) is 92.0 Å². The predicted molar refractivity (Wildman–Crippen MR) is 168 cm³/mol. The zero-order valence-corrected chi connectivity index (χ0v) is 28.5. The highest BCUT2D eigenvalue weighted by molar-refractivity contribution is 6.74. The van der Waals surface area contributed by atoms with Crippen molar-refractivity contribution >= 4 is 16.6 Å². The molecule has 1 saturated carbocycles. The number of hydrogen-bond donors (Lipinski definition) is 1. The van der Waals surface area contributed by atoms with Crippen LogP contribution in [-0.4, -0.2) is 33.9 Å². The standard InChI is InChI=1S/C33H58O3Si2/c1-12-13-14-17-26(35-37(8,9)32(2,3)4)19-20-27-28-21-24-16-15-18-30(34)29(24)22-25(28)23-31(27)36-38(10,11)33(5,6)7/h15-16,18-20,25-28,31,34H,12-14,17,21-23H2,1-11H3/b20-19+/t25-,26?,27+,28-,31+/m0/s1. The molecule has 1 unspecified atom stereocenters. The zero-order chi connectivity index (χ0) is 28.5. The number of benzene rings is 1. The average Bonchev–Trinajstić information content (AvgIpc) is 3.10. The highest BCUT2D eigenvalue weighted by atomic mass is 28.4. The molecule has 216 valence electrons. The van der Waals surface area contributed by atoms with E-state index in [4.69, 9.17) is 8.85 Å². The van der Waals surface area contributed by atoms with Gasteiger partial charge < -0.3 is 14.0 Å². The zero-order valence-electron chi connectivity index (χ0n) is 26.5. The van der Waals surface area contributed by atoms with E-state index in [0.29, 0.717) is 23.5 Å². The molecule has 0 bridgehead atoms. The summed E-state index contributed by atoms with van der Waals surface area (Å²) in [6.07, 6.45) is 13.3. The number of rotatable bonds is 10. The number of fused-ring (bicyclic) bond motifs is 2. The first-order valence-corrected chi connectivity index (χ1v) is 21.1. The number of phenols is 1. The SMILES string of the molecule is CCCCCC(/C=C/[C@@H]1[C@H]2Cc3cccc(O)c3C[C@H]2C[C@H]1O[Si](C)(C)C(C)(C)C)O[Si](C)(C)C(C)(C)C. The summed E-state index contributed by atoms with van der Waals surface area (Å²) in [6, 6.07) is 6.09. The Labute approximate surface area is 237 Å². The first kappa shape index (κ1) is 31.6. The molecule has 0 radical (unpaired) electrons. The molecule has 0 spiro atoms. The Balaban J connectivity index is 1.92. The molecule has 5 heteroatoms. The molecule has 1 N–H and O–H groups in total. The van der Waals surface area contributed by atoms with Crippen LogP contribution in [0.3, 0.4) is 0 Å².